The number of halogens is 2. The zero-order chi connectivity index (χ0) is 21.4. The number of carbonyl (C=O) groups is 3. The van der Waals surface area contributed by atoms with Crippen molar-refractivity contribution < 1.29 is 32.6 Å². The number of hydrogen-bond acceptors (Lipinski definition) is 6. The lowest BCUT2D eigenvalue weighted by Gasteiger charge is -2.16. The van der Waals surface area contributed by atoms with Gasteiger partial charge in [-0.1, -0.05) is 24.3 Å². The summed E-state index contributed by atoms with van der Waals surface area (Å²) < 4.78 is 34.5. The number of amides is 2. The lowest BCUT2D eigenvalue weighted by atomic mass is 10.2. The van der Waals surface area contributed by atoms with Crippen LogP contribution < -0.4 is 15.8 Å². The van der Waals surface area contributed by atoms with Gasteiger partial charge in [0.15, 0.2) is 6.10 Å². The molecular formula is C19H18F2N2O5S. The second-order valence-corrected chi connectivity index (χ2v) is 6.68. The molecule has 0 aliphatic heterocycles. The second kappa shape index (κ2) is 10.4. The molecule has 2 aromatic rings. The molecule has 0 bridgehead atoms. The van der Waals surface area contributed by atoms with Crippen LogP contribution in [0.15, 0.2) is 53.4 Å². The molecule has 0 aliphatic rings. The van der Waals surface area contributed by atoms with Crippen LogP contribution in [0.4, 0.5) is 14.5 Å². The van der Waals surface area contributed by atoms with Crippen LogP contribution in [-0.4, -0.2) is 36.3 Å². The number of thioether (sulfide) groups is 1. The van der Waals surface area contributed by atoms with Gasteiger partial charge < -0.3 is 20.5 Å². The first kappa shape index (κ1) is 22.2. The van der Waals surface area contributed by atoms with Gasteiger partial charge in [0.2, 0.25) is 5.91 Å². The molecule has 0 spiro atoms. The summed E-state index contributed by atoms with van der Waals surface area (Å²) in [5.41, 5.74) is 5.30. The third-order valence-corrected chi connectivity index (χ3v) is 4.59. The number of alkyl halides is 2. The zero-order valence-corrected chi connectivity index (χ0v) is 16.1. The number of carbonyl (C=O) groups excluding carboxylic acids is 3. The summed E-state index contributed by atoms with van der Waals surface area (Å²) >= 11 is 1.07. The Hall–Kier alpha value is -3.14. The maximum atomic E-state index is 12.5. The fraction of sp³-hybridized carbons (Fsp3) is 0.211. The van der Waals surface area contributed by atoms with Gasteiger partial charge in [-0.25, -0.2) is 4.79 Å². The molecule has 0 aliphatic carbocycles. The number of anilines is 1. The number of para-hydroxylation sites is 2. The van der Waals surface area contributed by atoms with E-state index in [2.05, 4.69) is 10.1 Å². The van der Waals surface area contributed by atoms with Crippen LogP contribution in [0.5, 0.6) is 5.75 Å². The monoisotopic (exact) mass is 424 g/mol. The number of hydrogen-bond donors (Lipinski definition) is 2. The number of primary amides is 1. The van der Waals surface area contributed by atoms with Gasteiger partial charge in [-0.05, 0) is 31.2 Å². The summed E-state index contributed by atoms with van der Waals surface area (Å²) in [4.78, 5) is 36.2. The number of rotatable bonds is 9. The Balaban J connectivity index is 2.05. The molecule has 10 heteroatoms. The summed E-state index contributed by atoms with van der Waals surface area (Å²) in [7, 11) is 0. The molecule has 29 heavy (non-hydrogen) atoms. The highest BCUT2D eigenvalue weighted by Gasteiger charge is 2.22. The fourth-order valence-electron chi connectivity index (χ4n) is 2.19. The number of ether oxygens (including phenoxy) is 2. The van der Waals surface area contributed by atoms with E-state index in [1.165, 1.54) is 37.3 Å². The van der Waals surface area contributed by atoms with Crippen molar-refractivity contribution in [1.29, 1.82) is 0 Å². The highest BCUT2D eigenvalue weighted by atomic mass is 32.2. The first-order valence-electron chi connectivity index (χ1n) is 8.33. The zero-order valence-electron chi connectivity index (χ0n) is 15.3. The van der Waals surface area contributed by atoms with E-state index in [9.17, 15) is 23.2 Å². The van der Waals surface area contributed by atoms with Crippen molar-refractivity contribution in [2.24, 2.45) is 5.73 Å². The minimum Gasteiger partial charge on any atom is -0.449 e. The maximum absolute atomic E-state index is 12.5. The van der Waals surface area contributed by atoms with Gasteiger partial charge >= 0.3 is 12.6 Å². The first-order chi connectivity index (χ1) is 13.8. The minimum absolute atomic E-state index is 0.0121. The van der Waals surface area contributed by atoms with Gasteiger partial charge in [0.05, 0.1) is 17.0 Å². The van der Waals surface area contributed by atoms with Gasteiger partial charge in [0, 0.05) is 4.90 Å². The average molecular weight is 424 g/mol. The van der Waals surface area contributed by atoms with Gasteiger partial charge in [-0.2, -0.15) is 8.78 Å². The van der Waals surface area contributed by atoms with Crippen molar-refractivity contribution in [3.05, 3.63) is 54.1 Å². The van der Waals surface area contributed by atoms with Crippen LogP contribution in [-0.2, 0) is 14.3 Å². The molecule has 1 atom stereocenters. The summed E-state index contributed by atoms with van der Waals surface area (Å²) in [6.45, 7) is -1.72. The molecule has 2 rings (SSSR count). The lowest BCUT2D eigenvalue weighted by molar-refractivity contribution is -0.123. The van der Waals surface area contributed by atoms with Crippen molar-refractivity contribution in [3.63, 3.8) is 0 Å². The van der Waals surface area contributed by atoms with Gasteiger partial charge in [-0.15, -0.1) is 11.8 Å². The Labute approximate surface area is 169 Å². The molecule has 0 saturated carbocycles. The molecule has 0 saturated heterocycles. The highest BCUT2D eigenvalue weighted by molar-refractivity contribution is 8.00. The Kier molecular flexibility index (Phi) is 7.96. The standard InChI is InChI=1S/C19H18F2N2O5S/c1-11(17(25)23-13-7-3-4-8-14(13)28-19(20)21)27-18(26)12-6-2-5-9-15(12)29-10-16(22)24/h2-9,11,19H,10H2,1H3,(H2,22,24)(H,23,25). The van der Waals surface area contributed by atoms with E-state index in [4.69, 9.17) is 10.5 Å². The Bertz CT molecular complexity index is 894. The van der Waals surface area contributed by atoms with Gasteiger partial charge in [0.25, 0.3) is 5.91 Å². The van der Waals surface area contributed by atoms with Crippen molar-refractivity contribution in [3.8, 4) is 5.75 Å². The van der Waals surface area contributed by atoms with Gasteiger partial charge in [0.1, 0.15) is 5.75 Å². The predicted octanol–water partition coefficient (Wildman–Crippen LogP) is 3.05. The second-order valence-electron chi connectivity index (χ2n) is 5.66. The molecule has 7 nitrogen and oxygen atoms in total. The third-order valence-electron chi connectivity index (χ3n) is 3.49. The molecule has 2 amide bonds. The average Bonchev–Trinajstić information content (AvgIpc) is 2.67. The molecule has 0 fully saturated rings. The molecule has 0 radical (unpaired) electrons. The van der Waals surface area contributed by atoms with E-state index in [1.807, 2.05) is 0 Å². The predicted molar refractivity (Wildman–Crippen MR) is 103 cm³/mol. The summed E-state index contributed by atoms with van der Waals surface area (Å²) in [5, 5.41) is 2.39. The van der Waals surface area contributed by atoms with E-state index in [1.54, 1.807) is 18.2 Å². The molecule has 0 heterocycles. The van der Waals surface area contributed by atoms with Gasteiger partial charge in [-0.3, -0.25) is 9.59 Å². The minimum atomic E-state index is -3.06. The first-order valence-corrected chi connectivity index (χ1v) is 9.32. The van der Waals surface area contributed by atoms with Crippen molar-refractivity contribution in [2.45, 2.75) is 24.5 Å². The molecule has 3 N–H and O–H groups in total. The van der Waals surface area contributed by atoms with Crippen LogP contribution >= 0.6 is 11.8 Å². The van der Waals surface area contributed by atoms with E-state index >= 15 is 0 Å². The van der Waals surface area contributed by atoms with E-state index in [0.29, 0.717) is 4.90 Å². The summed E-state index contributed by atoms with van der Waals surface area (Å²) in [6.07, 6.45) is -1.23. The Morgan fingerprint density at radius 1 is 1.10 bits per heavy atom. The largest absolute Gasteiger partial charge is 0.449 e. The van der Waals surface area contributed by atoms with E-state index in [0.717, 1.165) is 11.8 Å². The normalized spacial score (nSPS) is 11.6. The molecule has 2 aromatic carbocycles. The van der Waals surface area contributed by atoms with Crippen LogP contribution in [0.1, 0.15) is 17.3 Å². The Morgan fingerprint density at radius 3 is 2.45 bits per heavy atom. The number of esters is 1. The van der Waals surface area contributed by atoms with Crippen molar-refractivity contribution in [2.75, 3.05) is 11.1 Å². The Morgan fingerprint density at radius 2 is 1.76 bits per heavy atom. The van der Waals surface area contributed by atoms with Crippen LogP contribution in [0, 0.1) is 0 Å². The van der Waals surface area contributed by atoms with Crippen LogP contribution in [0.25, 0.3) is 0 Å². The lowest BCUT2D eigenvalue weighted by Crippen LogP contribution is -2.30. The quantitative estimate of drug-likeness (QED) is 0.473. The number of nitrogens with one attached hydrogen (secondary N) is 1. The van der Waals surface area contributed by atoms with E-state index < -0.39 is 30.5 Å². The summed E-state index contributed by atoms with van der Waals surface area (Å²) in [5.74, 6) is -2.30. The highest BCUT2D eigenvalue weighted by Crippen LogP contribution is 2.26. The number of nitrogens with two attached hydrogens (primary N) is 1. The molecule has 154 valence electrons. The summed E-state index contributed by atoms with van der Waals surface area (Å²) in [6, 6.07) is 12.0. The van der Waals surface area contributed by atoms with Crippen LogP contribution in [0.3, 0.4) is 0 Å². The smallest absolute Gasteiger partial charge is 0.387 e. The topological polar surface area (TPSA) is 108 Å². The molecule has 0 aromatic heterocycles. The van der Waals surface area contributed by atoms with Crippen LogP contribution in [0.2, 0.25) is 0 Å². The molecule has 1 unspecified atom stereocenters. The maximum Gasteiger partial charge on any atom is 0.387 e. The molecular weight excluding hydrogens is 406 g/mol. The van der Waals surface area contributed by atoms with Crippen molar-refractivity contribution in [1.82, 2.24) is 0 Å². The van der Waals surface area contributed by atoms with Crippen molar-refractivity contribution >= 4 is 35.2 Å². The third kappa shape index (κ3) is 6.75. The fourth-order valence-corrected chi connectivity index (χ4v) is 2.97. The SMILES string of the molecule is CC(OC(=O)c1ccccc1SCC(N)=O)C(=O)Nc1ccccc1OC(F)F. The van der Waals surface area contributed by atoms with E-state index in [-0.39, 0.29) is 22.8 Å². The number of benzene rings is 2.